The largest absolute Gasteiger partial charge is 0.394 e. The Balaban J connectivity index is 3.46. The van der Waals surface area contributed by atoms with Crippen molar-refractivity contribution in [2.24, 2.45) is 0 Å². The number of aliphatic hydroxyl groups excluding tert-OH is 2. The molecule has 0 saturated carbocycles. The number of aliphatic hydroxyl groups is 2. The zero-order valence-electron chi connectivity index (χ0n) is 43.8. The average Bonchev–Trinajstić information content (AvgIpc) is 3.30. The highest BCUT2D eigenvalue weighted by atomic mass is 16.3. The summed E-state index contributed by atoms with van der Waals surface area (Å²) in [6, 6.07) is -0.621. The van der Waals surface area contributed by atoms with Gasteiger partial charge in [0, 0.05) is 6.42 Å². The van der Waals surface area contributed by atoms with Crippen molar-refractivity contribution in [1.29, 1.82) is 0 Å². The second-order valence-corrected chi connectivity index (χ2v) is 20.4. The first kappa shape index (κ1) is 62.9. The summed E-state index contributed by atoms with van der Waals surface area (Å²) in [4.78, 5) is 12.5. The molecule has 0 aliphatic rings. The van der Waals surface area contributed by atoms with Gasteiger partial charge in [-0.2, -0.15) is 0 Å². The quantitative estimate of drug-likeness (QED) is 0.0421. The standard InChI is InChI=1S/C60H117NO3/c1-3-5-7-9-11-13-15-17-19-21-23-25-27-29-30-32-33-35-37-39-41-43-45-47-49-51-53-55-59(63)58(57-62)61-60(64)56-54-52-50-48-46-44-42-40-38-36-34-31-28-26-24-22-20-18-16-14-12-10-8-6-4-2/h22,24,53,55,58-59,62-63H,3-21,23,25-52,54,56-57H2,1-2H3,(H,61,64)/b24-22-,55-53+. The van der Waals surface area contributed by atoms with Gasteiger partial charge in [-0.05, 0) is 44.9 Å². The molecule has 4 heteroatoms. The van der Waals surface area contributed by atoms with Gasteiger partial charge in [-0.15, -0.1) is 0 Å². The summed E-state index contributed by atoms with van der Waals surface area (Å²) >= 11 is 0. The Kier molecular flexibility index (Phi) is 55.2. The molecule has 0 aromatic rings. The minimum Gasteiger partial charge on any atom is -0.394 e. The summed E-state index contributed by atoms with van der Waals surface area (Å²) in [7, 11) is 0. The zero-order chi connectivity index (χ0) is 46.3. The molecule has 0 heterocycles. The molecular formula is C60H117NO3. The third-order valence-electron chi connectivity index (χ3n) is 13.9. The van der Waals surface area contributed by atoms with Gasteiger partial charge >= 0.3 is 0 Å². The van der Waals surface area contributed by atoms with Gasteiger partial charge in [-0.1, -0.05) is 308 Å². The molecule has 0 radical (unpaired) electrons. The highest BCUT2D eigenvalue weighted by molar-refractivity contribution is 5.76. The van der Waals surface area contributed by atoms with Crippen LogP contribution in [0.25, 0.3) is 0 Å². The predicted octanol–water partition coefficient (Wildman–Crippen LogP) is 19.5. The highest BCUT2D eigenvalue weighted by Crippen LogP contribution is 2.18. The van der Waals surface area contributed by atoms with Crippen LogP contribution in [-0.4, -0.2) is 34.9 Å². The fraction of sp³-hybridized carbons (Fsp3) is 0.917. The molecule has 64 heavy (non-hydrogen) atoms. The van der Waals surface area contributed by atoms with Gasteiger partial charge in [-0.25, -0.2) is 0 Å². The van der Waals surface area contributed by atoms with Crippen LogP contribution >= 0.6 is 0 Å². The topological polar surface area (TPSA) is 69.6 Å². The van der Waals surface area contributed by atoms with Crippen molar-refractivity contribution in [3.05, 3.63) is 24.3 Å². The van der Waals surface area contributed by atoms with E-state index >= 15 is 0 Å². The number of amides is 1. The fourth-order valence-corrected chi connectivity index (χ4v) is 9.41. The number of hydrogen-bond acceptors (Lipinski definition) is 3. The minimum atomic E-state index is -0.838. The number of hydrogen-bond donors (Lipinski definition) is 3. The van der Waals surface area contributed by atoms with Crippen molar-refractivity contribution in [2.75, 3.05) is 6.61 Å². The van der Waals surface area contributed by atoms with Gasteiger partial charge in [0.15, 0.2) is 0 Å². The Hall–Kier alpha value is -1.13. The molecule has 2 atom stereocenters. The van der Waals surface area contributed by atoms with Crippen molar-refractivity contribution < 1.29 is 15.0 Å². The van der Waals surface area contributed by atoms with Crippen LogP contribution in [0.3, 0.4) is 0 Å². The normalized spacial score (nSPS) is 12.9. The summed E-state index contributed by atoms with van der Waals surface area (Å²) in [5, 5.41) is 23.2. The smallest absolute Gasteiger partial charge is 0.220 e. The van der Waals surface area contributed by atoms with E-state index < -0.39 is 12.1 Å². The number of rotatable bonds is 55. The number of allylic oxidation sites excluding steroid dienone is 3. The Morgan fingerprint density at radius 2 is 0.594 bits per heavy atom. The van der Waals surface area contributed by atoms with E-state index in [1.165, 1.54) is 289 Å². The maximum atomic E-state index is 12.5. The van der Waals surface area contributed by atoms with Crippen LogP contribution in [-0.2, 0) is 4.79 Å². The molecule has 0 fully saturated rings. The monoisotopic (exact) mass is 900 g/mol. The molecule has 0 aliphatic carbocycles. The third-order valence-corrected chi connectivity index (χ3v) is 13.9. The van der Waals surface area contributed by atoms with Crippen LogP contribution in [0.1, 0.15) is 335 Å². The number of carbonyl (C=O) groups excluding carboxylic acids is 1. The summed E-state index contributed by atoms with van der Waals surface area (Å²) in [5.74, 6) is -0.0581. The van der Waals surface area contributed by atoms with Crippen molar-refractivity contribution in [1.82, 2.24) is 5.32 Å². The lowest BCUT2D eigenvalue weighted by Crippen LogP contribution is -2.45. The number of carbonyl (C=O) groups is 1. The van der Waals surface area contributed by atoms with Crippen LogP contribution in [0.15, 0.2) is 24.3 Å². The first-order valence-electron chi connectivity index (χ1n) is 29.6. The van der Waals surface area contributed by atoms with Gasteiger partial charge in [0.25, 0.3) is 0 Å². The van der Waals surface area contributed by atoms with Crippen LogP contribution in [0.4, 0.5) is 0 Å². The van der Waals surface area contributed by atoms with E-state index in [1.54, 1.807) is 6.08 Å². The van der Waals surface area contributed by atoms with E-state index in [0.717, 1.165) is 25.7 Å². The Bertz CT molecular complexity index is 932. The summed E-state index contributed by atoms with van der Waals surface area (Å²) in [6.45, 7) is 4.35. The molecule has 0 rings (SSSR count). The van der Waals surface area contributed by atoms with E-state index in [0.29, 0.717) is 6.42 Å². The lowest BCUT2D eigenvalue weighted by molar-refractivity contribution is -0.123. The maximum Gasteiger partial charge on any atom is 0.220 e. The molecule has 0 saturated heterocycles. The second-order valence-electron chi connectivity index (χ2n) is 20.4. The summed E-state index contributed by atoms with van der Waals surface area (Å²) in [5.41, 5.74) is 0. The molecule has 2 unspecified atom stereocenters. The summed E-state index contributed by atoms with van der Waals surface area (Å²) < 4.78 is 0. The van der Waals surface area contributed by atoms with Crippen LogP contribution in [0.5, 0.6) is 0 Å². The Labute approximate surface area is 402 Å². The first-order valence-corrected chi connectivity index (χ1v) is 29.6. The van der Waals surface area contributed by atoms with Crippen molar-refractivity contribution in [3.8, 4) is 0 Å². The molecule has 1 amide bonds. The molecule has 3 N–H and O–H groups in total. The second kappa shape index (κ2) is 56.2. The van der Waals surface area contributed by atoms with Gasteiger partial charge in [0.2, 0.25) is 5.91 Å². The molecule has 0 aromatic heterocycles. The molecule has 4 nitrogen and oxygen atoms in total. The average molecular weight is 901 g/mol. The van der Waals surface area contributed by atoms with Crippen LogP contribution in [0, 0.1) is 0 Å². The van der Waals surface area contributed by atoms with Gasteiger partial charge in [-0.3, -0.25) is 4.79 Å². The van der Waals surface area contributed by atoms with E-state index in [-0.39, 0.29) is 12.5 Å². The highest BCUT2D eigenvalue weighted by Gasteiger charge is 2.18. The molecule has 380 valence electrons. The third kappa shape index (κ3) is 51.8. The maximum absolute atomic E-state index is 12.5. The molecule has 0 spiro atoms. The SMILES string of the molecule is CCCCCCCCCC/C=C\CCCCCCCCCCCCCCCC(=O)NC(CO)C(O)/C=C/CCCCCCCCCCCCCCCCCCCCCCCCCCC. The summed E-state index contributed by atoms with van der Waals surface area (Å²) in [6.07, 6.45) is 75.0. The predicted molar refractivity (Wildman–Crippen MR) is 286 cm³/mol. The molecule has 0 aliphatic heterocycles. The lowest BCUT2D eigenvalue weighted by Gasteiger charge is -2.20. The van der Waals surface area contributed by atoms with Gasteiger partial charge in [0.05, 0.1) is 18.8 Å². The Morgan fingerprint density at radius 1 is 0.359 bits per heavy atom. The Morgan fingerprint density at radius 3 is 0.859 bits per heavy atom. The number of nitrogens with one attached hydrogen (secondary N) is 1. The minimum absolute atomic E-state index is 0.0581. The van der Waals surface area contributed by atoms with E-state index in [9.17, 15) is 15.0 Å². The fourth-order valence-electron chi connectivity index (χ4n) is 9.41. The van der Waals surface area contributed by atoms with Crippen molar-refractivity contribution in [3.63, 3.8) is 0 Å². The van der Waals surface area contributed by atoms with Crippen LogP contribution in [0.2, 0.25) is 0 Å². The molecule has 0 bridgehead atoms. The van der Waals surface area contributed by atoms with E-state index in [2.05, 4.69) is 31.3 Å². The lowest BCUT2D eigenvalue weighted by atomic mass is 10.0. The van der Waals surface area contributed by atoms with Crippen LogP contribution < -0.4 is 5.32 Å². The zero-order valence-corrected chi connectivity index (χ0v) is 43.8. The number of unbranched alkanes of at least 4 members (excludes halogenated alkanes) is 46. The van der Waals surface area contributed by atoms with Crippen molar-refractivity contribution in [2.45, 2.75) is 347 Å². The molecule has 0 aromatic carbocycles. The van der Waals surface area contributed by atoms with Crippen molar-refractivity contribution >= 4 is 5.91 Å². The first-order chi connectivity index (χ1) is 31.7. The van der Waals surface area contributed by atoms with Gasteiger partial charge in [0.1, 0.15) is 0 Å². The van der Waals surface area contributed by atoms with Gasteiger partial charge < -0.3 is 15.5 Å². The van der Waals surface area contributed by atoms with E-state index in [1.807, 2.05) is 6.08 Å². The van der Waals surface area contributed by atoms with E-state index in [4.69, 9.17) is 0 Å². The molecular weight excluding hydrogens is 783 g/mol.